The molecule has 1 aromatic rings. The number of carboxylic acids is 1. The third-order valence-electron chi connectivity index (χ3n) is 3.56. The van der Waals surface area contributed by atoms with Crippen molar-refractivity contribution < 1.29 is 19.4 Å². The van der Waals surface area contributed by atoms with Crippen LogP contribution >= 0.6 is 0 Å². The van der Waals surface area contributed by atoms with E-state index in [1.54, 1.807) is 4.90 Å². The van der Waals surface area contributed by atoms with Crippen LogP contribution in [0.2, 0.25) is 0 Å². The number of aliphatic carboxylic acids is 1. The Hall–Kier alpha value is -1.95. The number of pyridine rings is 1. The van der Waals surface area contributed by atoms with Crippen LogP contribution in [0.25, 0.3) is 0 Å². The lowest BCUT2D eigenvalue weighted by Crippen LogP contribution is -2.39. The molecular formula is C15H20N2O4. The molecule has 0 aliphatic carbocycles. The molecule has 2 atom stereocenters. The quantitative estimate of drug-likeness (QED) is 0.886. The fourth-order valence-electron chi connectivity index (χ4n) is 2.43. The first-order chi connectivity index (χ1) is 10.0. The first kappa shape index (κ1) is 15.4. The Morgan fingerprint density at radius 2 is 2.10 bits per heavy atom. The summed E-state index contributed by atoms with van der Waals surface area (Å²) in [6.45, 7) is 4.73. The zero-order chi connectivity index (χ0) is 15.4. The van der Waals surface area contributed by atoms with E-state index >= 15 is 0 Å². The fraction of sp³-hybridized carbons (Fsp3) is 0.533. The van der Waals surface area contributed by atoms with Crippen molar-refractivity contribution in [3.8, 4) is 0 Å². The van der Waals surface area contributed by atoms with E-state index in [-0.39, 0.29) is 5.91 Å². The lowest BCUT2D eigenvalue weighted by molar-refractivity contribution is -0.155. The molecule has 1 aliphatic heterocycles. The van der Waals surface area contributed by atoms with Crippen LogP contribution in [0.5, 0.6) is 0 Å². The summed E-state index contributed by atoms with van der Waals surface area (Å²) in [5.41, 5.74) is 1.72. The lowest BCUT2D eigenvalue weighted by Gasteiger charge is -2.23. The standard InChI is InChI=1S/C15H20N2O4/c1-3-17(9-11-6-4-5-10(2)16-11)14(18)12-7-8-13(21-12)15(19)20/h4-6,12-13H,3,7-9H2,1-2H3,(H,19,20). The van der Waals surface area contributed by atoms with Gasteiger partial charge in [0, 0.05) is 12.2 Å². The smallest absolute Gasteiger partial charge is 0.332 e. The Balaban J connectivity index is 2.01. The summed E-state index contributed by atoms with van der Waals surface area (Å²) in [5.74, 6) is -1.17. The molecule has 2 rings (SSSR count). The van der Waals surface area contributed by atoms with Crippen molar-refractivity contribution in [1.82, 2.24) is 9.88 Å². The number of carbonyl (C=O) groups is 2. The van der Waals surface area contributed by atoms with Crippen molar-refractivity contribution in [3.05, 3.63) is 29.6 Å². The van der Waals surface area contributed by atoms with Crippen molar-refractivity contribution in [3.63, 3.8) is 0 Å². The minimum absolute atomic E-state index is 0.162. The Labute approximate surface area is 123 Å². The SMILES string of the molecule is CCN(Cc1cccc(C)n1)C(=O)C1CCC(C(=O)O)O1. The molecule has 2 heterocycles. The number of aromatic nitrogens is 1. The fourth-order valence-corrected chi connectivity index (χ4v) is 2.43. The molecule has 1 N–H and O–H groups in total. The summed E-state index contributed by atoms with van der Waals surface area (Å²) in [4.78, 5) is 29.3. The van der Waals surface area contributed by atoms with Crippen LogP contribution in [-0.4, -0.2) is 45.6 Å². The van der Waals surface area contributed by atoms with Crippen LogP contribution in [0.15, 0.2) is 18.2 Å². The van der Waals surface area contributed by atoms with Gasteiger partial charge in [0.1, 0.15) is 6.10 Å². The molecule has 0 bridgehead atoms. The van der Waals surface area contributed by atoms with E-state index in [0.717, 1.165) is 11.4 Å². The Kier molecular flexibility index (Phi) is 4.90. The van der Waals surface area contributed by atoms with E-state index in [2.05, 4.69) is 4.98 Å². The van der Waals surface area contributed by atoms with Gasteiger partial charge in [-0.15, -0.1) is 0 Å². The third kappa shape index (κ3) is 3.78. The van der Waals surface area contributed by atoms with Crippen molar-refractivity contribution in [2.45, 2.75) is 45.4 Å². The number of aryl methyl sites for hydroxylation is 1. The van der Waals surface area contributed by atoms with Gasteiger partial charge < -0.3 is 14.7 Å². The predicted octanol–water partition coefficient (Wildman–Crippen LogP) is 1.37. The van der Waals surface area contributed by atoms with Gasteiger partial charge in [-0.05, 0) is 38.8 Å². The summed E-state index contributed by atoms with van der Waals surface area (Å²) in [6, 6.07) is 5.68. The molecule has 6 nitrogen and oxygen atoms in total. The molecule has 1 amide bonds. The summed E-state index contributed by atoms with van der Waals surface area (Å²) >= 11 is 0. The second-order valence-electron chi connectivity index (χ2n) is 5.15. The van der Waals surface area contributed by atoms with Crippen LogP contribution in [0.1, 0.15) is 31.2 Å². The van der Waals surface area contributed by atoms with Crippen LogP contribution in [0.4, 0.5) is 0 Å². The number of carbonyl (C=O) groups excluding carboxylic acids is 1. The maximum atomic E-state index is 12.4. The minimum atomic E-state index is -1.01. The number of hydrogen-bond donors (Lipinski definition) is 1. The van der Waals surface area contributed by atoms with Crippen molar-refractivity contribution in [2.75, 3.05) is 6.54 Å². The number of rotatable bonds is 5. The second kappa shape index (κ2) is 6.67. The molecule has 2 unspecified atom stereocenters. The van der Waals surface area contributed by atoms with Gasteiger partial charge >= 0.3 is 5.97 Å². The van der Waals surface area contributed by atoms with Gasteiger partial charge in [0.15, 0.2) is 6.10 Å². The molecule has 0 saturated carbocycles. The molecule has 1 saturated heterocycles. The minimum Gasteiger partial charge on any atom is -0.479 e. The number of ether oxygens (including phenoxy) is 1. The zero-order valence-electron chi connectivity index (χ0n) is 12.3. The number of nitrogens with zero attached hydrogens (tertiary/aromatic N) is 2. The topological polar surface area (TPSA) is 79.7 Å². The summed E-state index contributed by atoms with van der Waals surface area (Å²) < 4.78 is 5.32. The monoisotopic (exact) mass is 292 g/mol. The maximum Gasteiger partial charge on any atom is 0.332 e. The highest BCUT2D eigenvalue weighted by molar-refractivity contribution is 5.82. The van der Waals surface area contributed by atoms with E-state index in [0.29, 0.717) is 25.9 Å². The molecule has 114 valence electrons. The van der Waals surface area contributed by atoms with Gasteiger partial charge in [-0.1, -0.05) is 6.07 Å². The Morgan fingerprint density at radius 3 is 2.67 bits per heavy atom. The largest absolute Gasteiger partial charge is 0.479 e. The maximum absolute atomic E-state index is 12.4. The highest BCUT2D eigenvalue weighted by atomic mass is 16.5. The number of hydrogen-bond acceptors (Lipinski definition) is 4. The molecule has 21 heavy (non-hydrogen) atoms. The van der Waals surface area contributed by atoms with Gasteiger partial charge in [-0.25, -0.2) is 4.79 Å². The average Bonchev–Trinajstić information content (AvgIpc) is 2.94. The van der Waals surface area contributed by atoms with Crippen LogP contribution in [0.3, 0.4) is 0 Å². The average molecular weight is 292 g/mol. The lowest BCUT2D eigenvalue weighted by atomic mass is 10.1. The molecule has 1 aromatic heterocycles. The Morgan fingerprint density at radius 1 is 1.38 bits per heavy atom. The van der Waals surface area contributed by atoms with Crippen molar-refractivity contribution in [1.29, 1.82) is 0 Å². The predicted molar refractivity (Wildman–Crippen MR) is 75.6 cm³/mol. The number of carboxylic acid groups (broad SMARTS) is 1. The van der Waals surface area contributed by atoms with Gasteiger partial charge in [0.25, 0.3) is 5.91 Å². The van der Waals surface area contributed by atoms with E-state index in [1.807, 2.05) is 32.0 Å². The molecule has 6 heteroatoms. The molecule has 1 aliphatic rings. The third-order valence-corrected chi connectivity index (χ3v) is 3.56. The number of amides is 1. The summed E-state index contributed by atoms with van der Waals surface area (Å²) in [6.07, 6.45) is -0.690. The van der Waals surface area contributed by atoms with Gasteiger partial charge in [0.2, 0.25) is 0 Å². The van der Waals surface area contributed by atoms with Crippen LogP contribution in [-0.2, 0) is 20.9 Å². The molecule has 0 spiro atoms. The first-order valence-corrected chi connectivity index (χ1v) is 7.11. The Bertz CT molecular complexity index is 532. The van der Waals surface area contributed by atoms with E-state index in [1.165, 1.54) is 0 Å². The highest BCUT2D eigenvalue weighted by Crippen LogP contribution is 2.22. The van der Waals surface area contributed by atoms with E-state index < -0.39 is 18.2 Å². The number of likely N-dealkylation sites (N-methyl/N-ethyl adjacent to an activating group) is 1. The zero-order valence-corrected chi connectivity index (χ0v) is 12.3. The summed E-state index contributed by atoms with van der Waals surface area (Å²) in [5, 5.41) is 8.91. The normalized spacial score (nSPS) is 21.2. The van der Waals surface area contributed by atoms with Crippen molar-refractivity contribution in [2.24, 2.45) is 0 Å². The van der Waals surface area contributed by atoms with Gasteiger partial charge in [0.05, 0.1) is 12.2 Å². The van der Waals surface area contributed by atoms with E-state index in [9.17, 15) is 9.59 Å². The molecule has 0 aromatic carbocycles. The summed E-state index contributed by atoms with van der Waals surface area (Å²) in [7, 11) is 0. The molecule has 1 fully saturated rings. The van der Waals surface area contributed by atoms with Gasteiger partial charge in [-0.2, -0.15) is 0 Å². The van der Waals surface area contributed by atoms with Gasteiger partial charge in [-0.3, -0.25) is 9.78 Å². The highest BCUT2D eigenvalue weighted by Gasteiger charge is 2.36. The first-order valence-electron chi connectivity index (χ1n) is 7.11. The van der Waals surface area contributed by atoms with Crippen molar-refractivity contribution >= 4 is 11.9 Å². The van der Waals surface area contributed by atoms with E-state index in [4.69, 9.17) is 9.84 Å². The van der Waals surface area contributed by atoms with Crippen LogP contribution < -0.4 is 0 Å². The second-order valence-corrected chi connectivity index (χ2v) is 5.15. The van der Waals surface area contributed by atoms with Crippen LogP contribution in [0, 0.1) is 6.92 Å². The molecule has 0 radical (unpaired) electrons. The molecular weight excluding hydrogens is 272 g/mol.